The number of aliphatic hydroxyl groups excluding tert-OH is 3. The van der Waals surface area contributed by atoms with Crippen LogP contribution in [0.1, 0.15) is 0 Å². The van der Waals surface area contributed by atoms with Gasteiger partial charge in [-0.05, 0) is 6.07 Å². The molecule has 2 heterocycles. The first-order valence-corrected chi connectivity index (χ1v) is 5.06. The predicted octanol–water partition coefficient (Wildman–Crippen LogP) is -2.38. The minimum atomic E-state index is -1.20. The first-order chi connectivity index (χ1) is 8.11. The van der Waals surface area contributed by atoms with Crippen molar-refractivity contribution in [3.8, 4) is 0 Å². The van der Waals surface area contributed by atoms with E-state index in [4.69, 9.17) is 9.84 Å². The smallest absolute Gasteiger partial charge is 0.346 e. The molecule has 1 aliphatic rings. The van der Waals surface area contributed by atoms with Crippen LogP contribution < -0.4 is 11.0 Å². The third kappa shape index (κ3) is 2.44. The molecule has 17 heavy (non-hydrogen) atoms. The van der Waals surface area contributed by atoms with Gasteiger partial charge in [-0.1, -0.05) is 0 Å². The Morgan fingerprint density at radius 2 is 2.24 bits per heavy atom. The average molecular weight is 243 g/mol. The normalized spacial score (nSPS) is 32.6. The summed E-state index contributed by atoms with van der Waals surface area (Å²) in [6.07, 6.45) is -2.77. The van der Waals surface area contributed by atoms with E-state index >= 15 is 0 Å². The quantitative estimate of drug-likeness (QED) is 0.401. The van der Waals surface area contributed by atoms with Gasteiger partial charge in [-0.2, -0.15) is 4.98 Å². The van der Waals surface area contributed by atoms with Crippen LogP contribution in [0.3, 0.4) is 0 Å². The van der Waals surface area contributed by atoms with Crippen molar-refractivity contribution in [2.45, 2.75) is 24.5 Å². The van der Waals surface area contributed by atoms with Gasteiger partial charge in [0.05, 0.1) is 6.61 Å². The average Bonchev–Trinajstić information content (AvgIpc) is 2.57. The molecule has 8 nitrogen and oxygen atoms in total. The maximum atomic E-state index is 10.9. The lowest BCUT2D eigenvalue weighted by molar-refractivity contribution is -0.0154. The lowest BCUT2D eigenvalue weighted by Crippen LogP contribution is -2.37. The molecule has 1 aliphatic heterocycles. The zero-order valence-corrected chi connectivity index (χ0v) is 8.78. The summed E-state index contributed by atoms with van der Waals surface area (Å²) in [6, 6.07) is 1.48. The zero-order valence-electron chi connectivity index (χ0n) is 8.78. The molecule has 0 saturated carbocycles. The highest BCUT2D eigenvalue weighted by molar-refractivity contribution is 5.33. The van der Waals surface area contributed by atoms with Crippen LogP contribution in [0.4, 0.5) is 5.82 Å². The van der Waals surface area contributed by atoms with Crippen molar-refractivity contribution in [1.82, 2.24) is 9.97 Å². The summed E-state index contributed by atoms with van der Waals surface area (Å²) >= 11 is 0. The Morgan fingerprint density at radius 1 is 1.47 bits per heavy atom. The number of hydrogen-bond donors (Lipinski definition) is 5. The minimum absolute atomic E-state index is 0.212. The fourth-order valence-corrected chi connectivity index (χ4v) is 1.62. The highest BCUT2D eigenvalue weighted by Gasteiger charge is 2.42. The lowest BCUT2D eigenvalue weighted by Gasteiger charge is -2.16. The summed E-state index contributed by atoms with van der Waals surface area (Å²) in [5, 5.41) is 30.7. The molecule has 0 bridgehead atoms. The molecule has 1 aromatic heterocycles. The third-order valence-electron chi connectivity index (χ3n) is 2.50. The Kier molecular flexibility index (Phi) is 3.38. The van der Waals surface area contributed by atoms with Gasteiger partial charge in [-0.25, -0.2) is 4.79 Å². The van der Waals surface area contributed by atoms with E-state index < -0.39 is 36.8 Å². The van der Waals surface area contributed by atoms with Crippen LogP contribution in [0, 0.1) is 0 Å². The first kappa shape index (κ1) is 12.0. The van der Waals surface area contributed by atoms with Crippen LogP contribution in [0.15, 0.2) is 17.1 Å². The standard InChI is InChI=1S/C9H13N3O5/c13-3-4-6(14)7(15)8(17-4)11-5-1-2-10-9(16)12-5/h1-2,4,6-8,13-15H,3H2,(H2,10,11,12,16)/t4-,6-,7+,8?/m1/s1. The molecule has 1 fully saturated rings. The van der Waals surface area contributed by atoms with Crippen LogP contribution >= 0.6 is 0 Å². The third-order valence-corrected chi connectivity index (χ3v) is 2.50. The fraction of sp³-hybridized carbons (Fsp3) is 0.556. The number of aromatic amines is 1. The van der Waals surface area contributed by atoms with Crippen LogP contribution in [0.5, 0.6) is 0 Å². The van der Waals surface area contributed by atoms with Crippen LogP contribution in [-0.2, 0) is 4.74 Å². The molecular formula is C9H13N3O5. The van der Waals surface area contributed by atoms with E-state index in [0.717, 1.165) is 0 Å². The summed E-state index contributed by atoms with van der Waals surface area (Å²) in [5.41, 5.74) is -0.540. The van der Waals surface area contributed by atoms with Crippen LogP contribution in [0.2, 0.25) is 0 Å². The van der Waals surface area contributed by atoms with Gasteiger partial charge in [0.25, 0.3) is 0 Å². The Bertz CT molecular complexity index is 437. The molecule has 0 spiro atoms. The molecule has 8 heteroatoms. The number of hydrogen-bond acceptors (Lipinski definition) is 7. The highest BCUT2D eigenvalue weighted by atomic mass is 16.6. The minimum Gasteiger partial charge on any atom is -0.394 e. The van der Waals surface area contributed by atoms with E-state index in [-0.39, 0.29) is 5.82 Å². The molecule has 2 rings (SSSR count). The maximum Gasteiger partial charge on any atom is 0.346 e. The Morgan fingerprint density at radius 3 is 2.82 bits per heavy atom. The van der Waals surface area contributed by atoms with Crippen LogP contribution in [-0.4, -0.2) is 56.4 Å². The van der Waals surface area contributed by atoms with Crippen molar-refractivity contribution < 1.29 is 20.1 Å². The second kappa shape index (κ2) is 4.80. The fourth-order valence-electron chi connectivity index (χ4n) is 1.62. The maximum absolute atomic E-state index is 10.9. The number of ether oxygens (including phenoxy) is 1. The van der Waals surface area contributed by atoms with Gasteiger partial charge in [0.2, 0.25) is 0 Å². The second-order valence-corrected chi connectivity index (χ2v) is 3.68. The number of nitrogens with one attached hydrogen (secondary N) is 2. The Balaban J connectivity index is 2.07. The molecule has 0 radical (unpaired) electrons. The van der Waals surface area contributed by atoms with Crippen molar-refractivity contribution in [3.05, 3.63) is 22.7 Å². The van der Waals surface area contributed by atoms with E-state index in [0.29, 0.717) is 0 Å². The number of aromatic nitrogens is 2. The van der Waals surface area contributed by atoms with Gasteiger partial charge >= 0.3 is 5.69 Å². The summed E-state index contributed by atoms with van der Waals surface area (Å²) in [7, 11) is 0. The first-order valence-electron chi connectivity index (χ1n) is 5.06. The topological polar surface area (TPSA) is 128 Å². The molecule has 1 saturated heterocycles. The van der Waals surface area contributed by atoms with Crippen molar-refractivity contribution in [2.75, 3.05) is 11.9 Å². The van der Waals surface area contributed by atoms with E-state index in [1.54, 1.807) is 0 Å². The highest BCUT2D eigenvalue weighted by Crippen LogP contribution is 2.21. The number of anilines is 1. The molecule has 0 aliphatic carbocycles. The van der Waals surface area contributed by atoms with Gasteiger partial charge in [-0.3, -0.25) is 0 Å². The van der Waals surface area contributed by atoms with Crippen molar-refractivity contribution in [3.63, 3.8) is 0 Å². The van der Waals surface area contributed by atoms with E-state index in [9.17, 15) is 15.0 Å². The van der Waals surface area contributed by atoms with Gasteiger partial charge in [0.15, 0.2) is 6.23 Å². The van der Waals surface area contributed by atoms with Crippen molar-refractivity contribution in [1.29, 1.82) is 0 Å². The number of rotatable bonds is 3. The SMILES string of the molecule is O=c1nc(NC2O[C@H](CO)[C@@H](O)[C@@H]2O)cc[nH]1. The largest absolute Gasteiger partial charge is 0.394 e. The number of H-pyrrole nitrogens is 1. The molecule has 4 atom stereocenters. The van der Waals surface area contributed by atoms with E-state index in [1.807, 2.05) is 0 Å². The van der Waals surface area contributed by atoms with Crippen molar-refractivity contribution >= 4 is 5.82 Å². The Labute approximate surface area is 95.9 Å². The summed E-state index contributed by atoms with van der Waals surface area (Å²) < 4.78 is 5.17. The number of nitrogens with zero attached hydrogens (tertiary/aromatic N) is 1. The molecule has 1 unspecified atom stereocenters. The molecule has 5 N–H and O–H groups in total. The lowest BCUT2D eigenvalue weighted by atomic mass is 10.1. The van der Waals surface area contributed by atoms with Gasteiger partial charge in [0.1, 0.15) is 24.1 Å². The molecular weight excluding hydrogens is 230 g/mol. The molecule has 94 valence electrons. The molecule has 0 aromatic carbocycles. The van der Waals surface area contributed by atoms with Gasteiger partial charge in [-0.15, -0.1) is 0 Å². The Hall–Kier alpha value is -1.48. The van der Waals surface area contributed by atoms with E-state index in [2.05, 4.69) is 15.3 Å². The molecule has 0 amide bonds. The van der Waals surface area contributed by atoms with Crippen molar-refractivity contribution in [2.24, 2.45) is 0 Å². The second-order valence-electron chi connectivity index (χ2n) is 3.68. The van der Waals surface area contributed by atoms with Gasteiger partial charge in [0, 0.05) is 6.20 Å². The summed E-state index contributed by atoms with van der Waals surface area (Å²) in [4.78, 5) is 16.9. The summed E-state index contributed by atoms with van der Waals surface area (Å²) in [5.74, 6) is 0.212. The monoisotopic (exact) mass is 243 g/mol. The molecule has 1 aromatic rings. The van der Waals surface area contributed by atoms with Gasteiger partial charge < -0.3 is 30.4 Å². The zero-order chi connectivity index (χ0) is 12.4. The predicted molar refractivity (Wildman–Crippen MR) is 56.2 cm³/mol. The van der Waals surface area contributed by atoms with Crippen LogP contribution in [0.25, 0.3) is 0 Å². The number of aliphatic hydroxyl groups is 3. The summed E-state index contributed by atoms with van der Waals surface area (Å²) in [6.45, 7) is -0.404. The van der Waals surface area contributed by atoms with E-state index in [1.165, 1.54) is 12.3 Å².